The molecule has 0 unspecified atom stereocenters. The maximum absolute atomic E-state index is 13.2. The summed E-state index contributed by atoms with van der Waals surface area (Å²) in [6, 6.07) is 3.64. The van der Waals surface area contributed by atoms with Gasteiger partial charge in [0.25, 0.3) is 0 Å². The van der Waals surface area contributed by atoms with Gasteiger partial charge in [-0.3, -0.25) is 4.79 Å². The summed E-state index contributed by atoms with van der Waals surface area (Å²) in [5.74, 6) is 5.74. The van der Waals surface area contributed by atoms with E-state index in [1.54, 1.807) is 4.90 Å². The highest BCUT2D eigenvalue weighted by Crippen LogP contribution is 2.31. The van der Waals surface area contributed by atoms with Gasteiger partial charge < -0.3 is 27.4 Å². The van der Waals surface area contributed by atoms with Crippen LogP contribution in [0.2, 0.25) is 0 Å². The first-order valence-electron chi connectivity index (χ1n) is 11.9. The number of unbranched alkanes of at least 4 members (excludes halogenated alkanes) is 1. The monoisotopic (exact) mass is 510 g/mol. The number of hydrogen-bond acceptors (Lipinski definition) is 7. The number of rotatable bonds is 11. The number of halogens is 3. The molecule has 9 nitrogen and oxygen atoms in total. The number of amides is 1. The van der Waals surface area contributed by atoms with E-state index in [0.29, 0.717) is 30.4 Å². The van der Waals surface area contributed by atoms with E-state index in [1.165, 1.54) is 31.3 Å². The number of nitrogens with one attached hydrogen (secondary N) is 1. The second kappa shape index (κ2) is 13.7. The first-order chi connectivity index (χ1) is 17.0. The van der Waals surface area contributed by atoms with E-state index in [2.05, 4.69) is 10.4 Å². The fourth-order valence-corrected chi connectivity index (χ4v) is 3.91. The van der Waals surface area contributed by atoms with Gasteiger partial charge in [0.2, 0.25) is 5.91 Å². The summed E-state index contributed by atoms with van der Waals surface area (Å²) >= 11 is 0. The fourth-order valence-electron chi connectivity index (χ4n) is 3.91. The van der Waals surface area contributed by atoms with Crippen molar-refractivity contribution in [2.24, 2.45) is 28.1 Å². The minimum atomic E-state index is -4.51. The number of nitrogens with two attached hydrogens (primary N) is 4. The van der Waals surface area contributed by atoms with Gasteiger partial charge in [-0.2, -0.15) is 13.2 Å². The molecule has 0 bridgehead atoms. The lowest BCUT2D eigenvalue weighted by molar-refractivity contribution is -0.137. The molecule has 0 aliphatic carbocycles. The van der Waals surface area contributed by atoms with Crippen LogP contribution in [0.3, 0.4) is 0 Å². The third-order valence-corrected chi connectivity index (χ3v) is 5.84. The van der Waals surface area contributed by atoms with Gasteiger partial charge in [0.15, 0.2) is 0 Å². The van der Waals surface area contributed by atoms with Crippen molar-refractivity contribution in [1.82, 2.24) is 15.3 Å². The number of amidine groups is 1. The van der Waals surface area contributed by atoms with Crippen molar-refractivity contribution in [2.75, 3.05) is 19.6 Å². The zero-order valence-electron chi connectivity index (χ0n) is 20.6. The van der Waals surface area contributed by atoms with Crippen molar-refractivity contribution >= 4 is 17.8 Å². The van der Waals surface area contributed by atoms with Crippen LogP contribution in [0.4, 0.5) is 13.2 Å². The Morgan fingerprint density at radius 1 is 1.25 bits per heavy atom. The van der Waals surface area contributed by atoms with E-state index in [9.17, 15) is 18.0 Å². The molecule has 1 aliphatic rings. The van der Waals surface area contributed by atoms with Crippen molar-refractivity contribution < 1.29 is 18.0 Å². The van der Waals surface area contributed by atoms with Crippen molar-refractivity contribution in [1.29, 1.82) is 0 Å². The highest BCUT2D eigenvalue weighted by Gasteiger charge is 2.31. The molecule has 0 saturated carbocycles. The number of benzene rings is 1. The third-order valence-electron chi connectivity index (χ3n) is 5.84. The van der Waals surface area contributed by atoms with Crippen molar-refractivity contribution in [3.8, 4) is 0 Å². The van der Waals surface area contributed by atoms with Crippen LogP contribution < -0.4 is 28.4 Å². The summed E-state index contributed by atoms with van der Waals surface area (Å²) in [4.78, 5) is 14.5. The molecular formula is C24H37F3N8O. The number of nitrogens with zero attached hydrogens (tertiary/aromatic N) is 3. The van der Waals surface area contributed by atoms with Crippen LogP contribution in [0, 0.1) is 0 Å². The van der Waals surface area contributed by atoms with Gasteiger partial charge in [-0.15, -0.1) is 5.10 Å². The second-order valence-electron chi connectivity index (χ2n) is 8.84. The number of piperidine rings is 1. The molecule has 0 spiro atoms. The molecule has 200 valence electrons. The minimum absolute atomic E-state index is 0.113. The van der Waals surface area contributed by atoms with Crippen molar-refractivity contribution in [2.45, 2.75) is 57.8 Å². The first kappa shape index (κ1) is 29.0. The Labute approximate surface area is 210 Å². The minimum Gasteiger partial charge on any atom is -0.403 e. The van der Waals surface area contributed by atoms with Gasteiger partial charge in [-0.25, -0.2) is 11.0 Å². The molecule has 0 radical (unpaired) electrons. The molecule has 36 heavy (non-hydrogen) atoms. The third kappa shape index (κ3) is 9.78. The summed E-state index contributed by atoms with van der Waals surface area (Å²) in [5, 5.41) is 8.31. The quantitative estimate of drug-likeness (QED) is 0.0764. The number of hydrogen-bond donors (Lipinski definition) is 5. The topological polar surface area (TPSA) is 152 Å². The summed E-state index contributed by atoms with van der Waals surface area (Å²) in [5.41, 5.74) is 17.1. The molecule has 1 saturated heterocycles. The number of hydrazone groups is 1. The predicted molar refractivity (Wildman–Crippen MR) is 135 cm³/mol. The Morgan fingerprint density at radius 3 is 2.56 bits per heavy atom. The first-order valence-corrected chi connectivity index (χ1v) is 11.9. The smallest absolute Gasteiger partial charge is 0.403 e. The molecule has 1 aromatic carbocycles. The number of carbonyl (C=O) groups excluding carboxylic acids is 1. The summed E-state index contributed by atoms with van der Waals surface area (Å²) in [7, 11) is 0. The highest BCUT2D eigenvalue weighted by molar-refractivity contribution is 5.92. The summed E-state index contributed by atoms with van der Waals surface area (Å²) < 4.78 is 39.6. The van der Waals surface area contributed by atoms with Crippen molar-refractivity contribution in [3.63, 3.8) is 0 Å². The van der Waals surface area contributed by atoms with E-state index < -0.39 is 11.7 Å². The number of hydrazine groups is 1. The van der Waals surface area contributed by atoms with Gasteiger partial charge >= 0.3 is 6.18 Å². The van der Waals surface area contributed by atoms with E-state index >= 15 is 0 Å². The standard InChI is InChI=1S/C24H37F3N8O/c1-17(29)33-35(31)16-19-14-20(24(25,26)27)7-5-18(19)6-8-23(36)34-12-9-22(10-13-34)32-11-3-2-4-21(30)15-28/h5-8,14-15,22,32H,2-4,9-13,16,28,30-31H2,1H3,(H2,29,33)/b8-6+,21-15-. The molecule has 1 heterocycles. The number of allylic oxidation sites excluding steroid dienone is 1. The number of likely N-dealkylation sites (tertiary alicyclic amines) is 1. The summed E-state index contributed by atoms with van der Waals surface area (Å²) in [6.07, 6.45) is 4.20. The van der Waals surface area contributed by atoms with Crippen LogP contribution in [-0.2, 0) is 17.5 Å². The molecule has 1 aromatic rings. The normalized spacial score (nSPS) is 16.1. The Hall–Kier alpha value is -3.25. The van der Waals surface area contributed by atoms with Crippen LogP contribution in [0.15, 0.2) is 41.3 Å². The predicted octanol–water partition coefficient (Wildman–Crippen LogP) is 2.20. The van der Waals surface area contributed by atoms with Crippen LogP contribution >= 0.6 is 0 Å². The Morgan fingerprint density at radius 2 is 1.94 bits per heavy atom. The van der Waals surface area contributed by atoms with Gasteiger partial charge in [-0.05, 0) is 74.9 Å². The zero-order valence-corrected chi connectivity index (χ0v) is 20.6. The van der Waals surface area contributed by atoms with Crippen molar-refractivity contribution in [3.05, 3.63) is 52.9 Å². The zero-order chi connectivity index (χ0) is 26.7. The van der Waals surface area contributed by atoms with E-state index in [4.69, 9.17) is 23.0 Å². The molecule has 9 N–H and O–H groups in total. The Bertz CT molecular complexity index is 949. The average molecular weight is 511 g/mol. The van der Waals surface area contributed by atoms with E-state index in [-0.39, 0.29) is 23.9 Å². The van der Waals surface area contributed by atoms with Crippen LogP contribution in [0.25, 0.3) is 6.08 Å². The molecule has 12 heteroatoms. The lowest BCUT2D eigenvalue weighted by atomic mass is 10.0. The molecule has 1 aliphatic heterocycles. The summed E-state index contributed by atoms with van der Waals surface area (Å²) in [6.45, 7) is 3.48. The molecule has 0 atom stereocenters. The molecular weight excluding hydrogens is 473 g/mol. The van der Waals surface area contributed by atoms with Gasteiger partial charge in [0, 0.05) is 37.1 Å². The lowest BCUT2D eigenvalue weighted by Gasteiger charge is -2.32. The molecule has 1 amide bonds. The molecule has 1 fully saturated rings. The second-order valence-corrected chi connectivity index (χ2v) is 8.84. The number of carbonyl (C=O) groups is 1. The molecule has 2 rings (SSSR count). The fraction of sp³-hybridized carbons (Fsp3) is 0.500. The maximum atomic E-state index is 13.2. The van der Waals surface area contributed by atoms with Gasteiger partial charge in [0.05, 0.1) is 12.1 Å². The maximum Gasteiger partial charge on any atom is 0.416 e. The van der Waals surface area contributed by atoms with Crippen LogP contribution in [0.1, 0.15) is 55.7 Å². The van der Waals surface area contributed by atoms with Crippen LogP contribution in [0.5, 0.6) is 0 Å². The van der Waals surface area contributed by atoms with Gasteiger partial charge in [0.1, 0.15) is 5.84 Å². The SMILES string of the molecule is C/C(N)=N/N(N)Cc1cc(C(F)(F)F)ccc1/C=C/C(=O)N1CCC(NCCCC/C(N)=C/N)CC1. The van der Waals surface area contributed by atoms with E-state index in [0.717, 1.165) is 55.9 Å². The average Bonchev–Trinajstić information content (AvgIpc) is 2.81. The lowest BCUT2D eigenvalue weighted by Crippen LogP contribution is -2.44. The molecule has 0 aromatic heterocycles. The Kier molecular flexibility index (Phi) is 11.1. The number of alkyl halides is 3. The van der Waals surface area contributed by atoms with Crippen LogP contribution in [-0.4, -0.2) is 47.4 Å². The van der Waals surface area contributed by atoms with E-state index in [1.807, 2.05) is 0 Å². The van der Waals surface area contributed by atoms with Gasteiger partial charge in [-0.1, -0.05) is 6.07 Å². The highest BCUT2D eigenvalue weighted by atomic mass is 19.4. The largest absolute Gasteiger partial charge is 0.416 e. The Balaban J connectivity index is 1.94.